The minimum absolute atomic E-state index is 0.216. The number of hydrogen-bond acceptors (Lipinski definition) is 5. The molecular formula is C12H19NO5. The van der Waals surface area contributed by atoms with Gasteiger partial charge < -0.3 is 14.4 Å². The van der Waals surface area contributed by atoms with E-state index in [1.807, 2.05) is 0 Å². The van der Waals surface area contributed by atoms with Crippen molar-refractivity contribution in [2.24, 2.45) is 0 Å². The van der Waals surface area contributed by atoms with Crippen LogP contribution >= 0.6 is 0 Å². The molecule has 0 aromatic carbocycles. The zero-order valence-electron chi connectivity index (χ0n) is 11.0. The summed E-state index contributed by atoms with van der Waals surface area (Å²) >= 11 is 0. The van der Waals surface area contributed by atoms with Crippen LogP contribution in [-0.2, 0) is 23.9 Å². The highest BCUT2D eigenvalue weighted by Crippen LogP contribution is 2.00. The summed E-state index contributed by atoms with van der Waals surface area (Å²) in [4.78, 5) is 35.4. The van der Waals surface area contributed by atoms with Crippen molar-refractivity contribution in [3.05, 3.63) is 12.2 Å². The standard InChI is InChI=1S/C12H19NO5/c1-5-17-10(14)7-13(12(16)9(3)4)8-11(15)18-6-2/h3,5-8H2,1-2,4H3. The van der Waals surface area contributed by atoms with Gasteiger partial charge in [0.05, 0.1) is 13.2 Å². The highest BCUT2D eigenvalue weighted by Gasteiger charge is 2.21. The van der Waals surface area contributed by atoms with E-state index in [0.29, 0.717) is 0 Å². The molecule has 0 atom stereocenters. The molecule has 0 spiro atoms. The van der Waals surface area contributed by atoms with Gasteiger partial charge in [0, 0.05) is 5.57 Å². The SMILES string of the molecule is C=C(C)C(=O)N(CC(=O)OCC)CC(=O)OCC. The van der Waals surface area contributed by atoms with Crippen LogP contribution in [0.1, 0.15) is 20.8 Å². The third-order valence-electron chi connectivity index (χ3n) is 1.90. The molecule has 0 rings (SSSR count). The molecule has 0 radical (unpaired) electrons. The van der Waals surface area contributed by atoms with Crippen molar-refractivity contribution in [2.45, 2.75) is 20.8 Å². The predicted molar refractivity (Wildman–Crippen MR) is 64.7 cm³/mol. The molecule has 0 N–H and O–H groups in total. The fourth-order valence-corrected chi connectivity index (χ4v) is 1.19. The van der Waals surface area contributed by atoms with Crippen molar-refractivity contribution in [2.75, 3.05) is 26.3 Å². The van der Waals surface area contributed by atoms with E-state index < -0.39 is 17.8 Å². The second-order valence-corrected chi connectivity index (χ2v) is 3.55. The number of rotatable bonds is 7. The number of ether oxygens (including phenoxy) is 2. The van der Waals surface area contributed by atoms with E-state index in [2.05, 4.69) is 6.58 Å². The van der Waals surface area contributed by atoms with Crippen molar-refractivity contribution in [1.82, 2.24) is 4.90 Å². The second kappa shape index (κ2) is 8.27. The Morgan fingerprint density at radius 3 is 1.67 bits per heavy atom. The van der Waals surface area contributed by atoms with Crippen molar-refractivity contribution >= 4 is 17.8 Å². The summed E-state index contributed by atoms with van der Waals surface area (Å²) in [7, 11) is 0. The van der Waals surface area contributed by atoms with E-state index in [0.717, 1.165) is 4.90 Å². The Hall–Kier alpha value is -1.85. The molecule has 0 aromatic rings. The number of carbonyl (C=O) groups is 3. The summed E-state index contributed by atoms with van der Waals surface area (Å²) in [5.41, 5.74) is 0.239. The first-order chi connectivity index (χ1) is 8.42. The van der Waals surface area contributed by atoms with Gasteiger partial charge in [-0.1, -0.05) is 6.58 Å². The van der Waals surface area contributed by atoms with Crippen LogP contribution in [0.3, 0.4) is 0 Å². The fraction of sp³-hybridized carbons (Fsp3) is 0.583. The smallest absolute Gasteiger partial charge is 0.325 e. The van der Waals surface area contributed by atoms with E-state index in [1.165, 1.54) is 6.92 Å². The lowest BCUT2D eigenvalue weighted by Crippen LogP contribution is -2.40. The normalized spacial score (nSPS) is 9.50. The summed E-state index contributed by atoms with van der Waals surface area (Å²) in [5, 5.41) is 0. The average molecular weight is 257 g/mol. The zero-order chi connectivity index (χ0) is 14.1. The van der Waals surface area contributed by atoms with Gasteiger partial charge in [-0.25, -0.2) is 0 Å². The predicted octanol–water partition coefficient (Wildman–Crippen LogP) is 0.517. The quantitative estimate of drug-likeness (QED) is 0.491. The van der Waals surface area contributed by atoms with Crippen LogP contribution in [0.4, 0.5) is 0 Å². The maximum atomic E-state index is 11.7. The Kier molecular flexibility index (Phi) is 7.42. The monoisotopic (exact) mass is 257 g/mol. The third-order valence-corrected chi connectivity index (χ3v) is 1.90. The number of esters is 2. The summed E-state index contributed by atoms with van der Waals surface area (Å²) < 4.78 is 9.46. The van der Waals surface area contributed by atoms with Crippen LogP contribution in [0, 0.1) is 0 Å². The van der Waals surface area contributed by atoms with Crippen LogP contribution in [0.25, 0.3) is 0 Å². The number of hydrogen-bond donors (Lipinski definition) is 0. The molecule has 0 saturated carbocycles. The van der Waals surface area contributed by atoms with E-state index in [-0.39, 0.29) is 31.9 Å². The molecule has 0 aromatic heterocycles. The Morgan fingerprint density at radius 2 is 1.39 bits per heavy atom. The van der Waals surface area contributed by atoms with Crippen LogP contribution in [0.2, 0.25) is 0 Å². The van der Waals surface area contributed by atoms with Gasteiger partial charge in [0.2, 0.25) is 5.91 Å². The summed E-state index contributed by atoms with van der Waals surface area (Å²) in [5.74, 6) is -1.62. The molecule has 0 aliphatic heterocycles. The lowest BCUT2D eigenvalue weighted by molar-refractivity contribution is -0.152. The minimum atomic E-state index is -0.573. The Bertz CT molecular complexity index is 317. The van der Waals surface area contributed by atoms with E-state index in [9.17, 15) is 14.4 Å². The molecule has 0 heterocycles. The van der Waals surface area contributed by atoms with Crippen LogP contribution in [-0.4, -0.2) is 49.0 Å². The molecule has 0 aliphatic carbocycles. The van der Waals surface area contributed by atoms with Crippen molar-refractivity contribution in [1.29, 1.82) is 0 Å². The lowest BCUT2D eigenvalue weighted by Gasteiger charge is -2.20. The lowest BCUT2D eigenvalue weighted by atomic mass is 10.3. The van der Waals surface area contributed by atoms with Gasteiger partial charge in [0.25, 0.3) is 0 Å². The number of amides is 1. The average Bonchev–Trinajstić information content (AvgIpc) is 2.27. The van der Waals surface area contributed by atoms with Crippen molar-refractivity contribution in [3.8, 4) is 0 Å². The molecule has 18 heavy (non-hydrogen) atoms. The topological polar surface area (TPSA) is 72.9 Å². The molecule has 6 nitrogen and oxygen atoms in total. The first kappa shape index (κ1) is 16.1. The fourth-order valence-electron chi connectivity index (χ4n) is 1.19. The van der Waals surface area contributed by atoms with Gasteiger partial charge >= 0.3 is 11.9 Å². The summed E-state index contributed by atoms with van der Waals surface area (Å²) in [6.45, 7) is 8.16. The highest BCUT2D eigenvalue weighted by molar-refractivity contribution is 5.96. The van der Waals surface area contributed by atoms with Crippen LogP contribution < -0.4 is 0 Å². The van der Waals surface area contributed by atoms with Gasteiger partial charge in [-0.3, -0.25) is 14.4 Å². The Labute approximate surface area is 107 Å². The van der Waals surface area contributed by atoms with Crippen LogP contribution in [0.15, 0.2) is 12.2 Å². The zero-order valence-corrected chi connectivity index (χ0v) is 11.0. The molecule has 0 unspecified atom stereocenters. The molecule has 1 amide bonds. The van der Waals surface area contributed by atoms with E-state index in [1.54, 1.807) is 13.8 Å². The first-order valence-electron chi connectivity index (χ1n) is 5.68. The van der Waals surface area contributed by atoms with E-state index >= 15 is 0 Å². The minimum Gasteiger partial charge on any atom is -0.465 e. The molecule has 102 valence electrons. The molecule has 0 saturated heterocycles. The number of carbonyl (C=O) groups excluding carboxylic acids is 3. The van der Waals surface area contributed by atoms with Gasteiger partial charge in [-0.2, -0.15) is 0 Å². The summed E-state index contributed by atoms with van der Waals surface area (Å²) in [6, 6.07) is 0. The van der Waals surface area contributed by atoms with E-state index in [4.69, 9.17) is 9.47 Å². The maximum absolute atomic E-state index is 11.7. The van der Waals surface area contributed by atoms with Gasteiger partial charge in [0.15, 0.2) is 0 Å². The van der Waals surface area contributed by atoms with Crippen molar-refractivity contribution in [3.63, 3.8) is 0 Å². The highest BCUT2D eigenvalue weighted by atomic mass is 16.5. The van der Waals surface area contributed by atoms with Gasteiger partial charge in [-0.05, 0) is 20.8 Å². The van der Waals surface area contributed by atoms with Crippen LogP contribution in [0.5, 0.6) is 0 Å². The van der Waals surface area contributed by atoms with Crippen molar-refractivity contribution < 1.29 is 23.9 Å². The summed E-state index contributed by atoms with van der Waals surface area (Å²) in [6.07, 6.45) is 0. The number of nitrogens with zero attached hydrogens (tertiary/aromatic N) is 1. The van der Waals surface area contributed by atoms with Gasteiger partial charge in [0.1, 0.15) is 13.1 Å². The molecule has 0 fully saturated rings. The Morgan fingerprint density at radius 1 is 1.00 bits per heavy atom. The Balaban J connectivity index is 4.62. The second-order valence-electron chi connectivity index (χ2n) is 3.55. The third kappa shape index (κ3) is 6.03. The first-order valence-corrected chi connectivity index (χ1v) is 5.68. The van der Waals surface area contributed by atoms with Gasteiger partial charge in [-0.15, -0.1) is 0 Å². The molecule has 0 bridgehead atoms. The molecule has 0 aliphatic rings. The largest absolute Gasteiger partial charge is 0.465 e. The molecule has 6 heteroatoms. The molecular weight excluding hydrogens is 238 g/mol. The maximum Gasteiger partial charge on any atom is 0.325 e.